The molecule has 1 aromatic rings. The maximum Gasteiger partial charge on any atom is 0.125 e. The molecule has 9 heavy (non-hydrogen) atoms. The maximum absolute atomic E-state index is 4.12. The van der Waals surface area contributed by atoms with Gasteiger partial charge in [-0.3, -0.25) is 0 Å². The van der Waals surface area contributed by atoms with Crippen LogP contribution in [0.4, 0.5) is 0 Å². The standard InChI is InChI=1S/C7H10N2/c1-5-4-6(2)9-7(3)8-5/h4H,1-3H3. The highest BCUT2D eigenvalue weighted by atomic mass is 14.9. The van der Waals surface area contributed by atoms with Gasteiger partial charge in [-0.05, 0) is 26.8 Å². The lowest BCUT2D eigenvalue weighted by atomic mass is 10.3. The van der Waals surface area contributed by atoms with Gasteiger partial charge in [0.05, 0.1) is 0 Å². The summed E-state index contributed by atoms with van der Waals surface area (Å²) in [4.78, 5) is 8.25. The fourth-order valence-electron chi connectivity index (χ4n) is 0.902. The predicted molar refractivity (Wildman–Crippen MR) is 36.2 cm³/mol. The molecule has 0 fully saturated rings. The van der Waals surface area contributed by atoms with E-state index in [-0.39, 0.29) is 0 Å². The third-order valence-corrected chi connectivity index (χ3v) is 1.09. The normalized spacial score (nSPS) is 9.67. The molecule has 1 heterocycles. The van der Waals surface area contributed by atoms with Crippen molar-refractivity contribution in [2.75, 3.05) is 0 Å². The molecule has 0 saturated heterocycles. The van der Waals surface area contributed by atoms with Crippen molar-refractivity contribution in [1.82, 2.24) is 9.97 Å². The van der Waals surface area contributed by atoms with Crippen molar-refractivity contribution in [3.63, 3.8) is 0 Å². The van der Waals surface area contributed by atoms with Crippen molar-refractivity contribution in [1.29, 1.82) is 0 Å². The van der Waals surface area contributed by atoms with E-state index >= 15 is 0 Å². The van der Waals surface area contributed by atoms with Crippen LogP contribution in [0.5, 0.6) is 0 Å². The molecule has 0 atom stereocenters. The Morgan fingerprint density at radius 1 is 1.00 bits per heavy atom. The van der Waals surface area contributed by atoms with Crippen LogP contribution in [0.25, 0.3) is 0 Å². The van der Waals surface area contributed by atoms with Gasteiger partial charge in [0.15, 0.2) is 0 Å². The number of hydrogen-bond acceptors (Lipinski definition) is 2. The molecular weight excluding hydrogens is 112 g/mol. The SMILES string of the molecule is Cc1cc(C)nc(C)n1. The van der Waals surface area contributed by atoms with E-state index in [9.17, 15) is 0 Å². The molecule has 0 aromatic carbocycles. The summed E-state index contributed by atoms with van der Waals surface area (Å²) in [5.41, 5.74) is 2.08. The topological polar surface area (TPSA) is 25.8 Å². The molecule has 0 bridgehead atoms. The quantitative estimate of drug-likeness (QED) is 0.519. The molecule has 2 heteroatoms. The van der Waals surface area contributed by atoms with Crippen LogP contribution in [0.1, 0.15) is 17.2 Å². The van der Waals surface area contributed by atoms with E-state index in [1.54, 1.807) is 0 Å². The molecule has 0 N–H and O–H groups in total. The Bertz CT molecular complexity index is 168. The van der Waals surface area contributed by atoms with Gasteiger partial charge in [-0.15, -0.1) is 0 Å². The third-order valence-electron chi connectivity index (χ3n) is 1.09. The minimum atomic E-state index is 0.854. The van der Waals surface area contributed by atoms with E-state index in [4.69, 9.17) is 0 Å². The summed E-state index contributed by atoms with van der Waals surface area (Å²) in [7, 11) is 0. The van der Waals surface area contributed by atoms with Gasteiger partial charge >= 0.3 is 0 Å². The first-order valence-electron chi connectivity index (χ1n) is 2.97. The van der Waals surface area contributed by atoms with Crippen molar-refractivity contribution < 1.29 is 0 Å². The van der Waals surface area contributed by atoms with Crippen LogP contribution in [-0.2, 0) is 0 Å². The van der Waals surface area contributed by atoms with Crippen molar-refractivity contribution >= 4 is 0 Å². The lowest BCUT2D eigenvalue weighted by molar-refractivity contribution is 0.976. The monoisotopic (exact) mass is 122 g/mol. The predicted octanol–water partition coefficient (Wildman–Crippen LogP) is 1.40. The largest absolute Gasteiger partial charge is 0.239 e. The van der Waals surface area contributed by atoms with Crippen LogP contribution >= 0.6 is 0 Å². The van der Waals surface area contributed by atoms with Gasteiger partial charge in [0.25, 0.3) is 0 Å². The fraction of sp³-hybridized carbons (Fsp3) is 0.429. The third kappa shape index (κ3) is 1.49. The number of rotatable bonds is 0. The molecule has 1 rings (SSSR count). The zero-order valence-electron chi connectivity index (χ0n) is 5.97. The van der Waals surface area contributed by atoms with Crippen molar-refractivity contribution in [2.24, 2.45) is 0 Å². The van der Waals surface area contributed by atoms with Crippen LogP contribution in [0, 0.1) is 20.8 Å². The Balaban J connectivity index is 3.17. The van der Waals surface area contributed by atoms with E-state index in [0.717, 1.165) is 17.2 Å². The van der Waals surface area contributed by atoms with Crippen LogP contribution in [0.2, 0.25) is 0 Å². The van der Waals surface area contributed by atoms with E-state index in [2.05, 4.69) is 9.97 Å². The van der Waals surface area contributed by atoms with E-state index in [1.807, 2.05) is 26.8 Å². The fourth-order valence-corrected chi connectivity index (χ4v) is 0.902. The van der Waals surface area contributed by atoms with Crippen molar-refractivity contribution in [3.05, 3.63) is 23.3 Å². The number of hydrogen-bond donors (Lipinski definition) is 0. The summed E-state index contributed by atoms with van der Waals surface area (Å²) < 4.78 is 0. The average molecular weight is 122 g/mol. The average Bonchev–Trinajstić information content (AvgIpc) is 1.59. The highest BCUT2D eigenvalue weighted by molar-refractivity contribution is 5.07. The molecule has 0 spiro atoms. The number of aryl methyl sites for hydroxylation is 3. The second-order valence-electron chi connectivity index (χ2n) is 2.20. The smallest absolute Gasteiger partial charge is 0.125 e. The minimum Gasteiger partial charge on any atom is -0.239 e. The highest BCUT2D eigenvalue weighted by Gasteiger charge is 1.90. The Morgan fingerprint density at radius 3 is 1.78 bits per heavy atom. The van der Waals surface area contributed by atoms with E-state index < -0.39 is 0 Å². The highest BCUT2D eigenvalue weighted by Crippen LogP contribution is 1.96. The lowest BCUT2D eigenvalue weighted by Crippen LogP contribution is -1.91. The first-order valence-corrected chi connectivity index (χ1v) is 2.97. The van der Waals surface area contributed by atoms with Crippen molar-refractivity contribution in [3.8, 4) is 0 Å². The Morgan fingerprint density at radius 2 is 1.44 bits per heavy atom. The van der Waals surface area contributed by atoms with Gasteiger partial charge in [-0.25, -0.2) is 9.97 Å². The molecule has 0 saturated carbocycles. The molecular formula is C7H10N2. The second-order valence-corrected chi connectivity index (χ2v) is 2.20. The molecule has 1 aromatic heterocycles. The molecule has 0 amide bonds. The number of aromatic nitrogens is 2. The number of nitrogens with zero attached hydrogens (tertiary/aromatic N) is 2. The van der Waals surface area contributed by atoms with Crippen LogP contribution in [0.15, 0.2) is 6.07 Å². The van der Waals surface area contributed by atoms with Gasteiger partial charge in [-0.1, -0.05) is 0 Å². The lowest BCUT2D eigenvalue weighted by Gasteiger charge is -1.95. The summed E-state index contributed by atoms with van der Waals surface area (Å²) in [5.74, 6) is 0.854. The van der Waals surface area contributed by atoms with Gasteiger partial charge in [0.1, 0.15) is 5.82 Å². The van der Waals surface area contributed by atoms with Gasteiger partial charge < -0.3 is 0 Å². The van der Waals surface area contributed by atoms with Crippen LogP contribution in [0.3, 0.4) is 0 Å². The first kappa shape index (κ1) is 6.20. The molecule has 0 aliphatic carbocycles. The maximum atomic E-state index is 4.12. The van der Waals surface area contributed by atoms with Crippen molar-refractivity contribution in [2.45, 2.75) is 20.8 Å². The molecule has 0 aliphatic rings. The zero-order chi connectivity index (χ0) is 6.85. The minimum absolute atomic E-state index is 0.854. The zero-order valence-corrected chi connectivity index (χ0v) is 5.97. The molecule has 0 unspecified atom stereocenters. The molecule has 48 valence electrons. The summed E-state index contributed by atoms with van der Waals surface area (Å²) in [5, 5.41) is 0. The summed E-state index contributed by atoms with van der Waals surface area (Å²) in [6.45, 7) is 5.85. The van der Waals surface area contributed by atoms with Gasteiger partial charge in [0, 0.05) is 11.4 Å². The summed E-state index contributed by atoms with van der Waals surface area (Å²) in [6.07, 6.45) is 0. The van der Waals surface area contributed by atoms with E-state index in [0.29, 0.717) is 0 Å². The van der Waals surface area contributed by atoms with Crippen LogP contribution < -0.4 is 0 Å². The van der Waals surface area contributed by atoms with Crippen LogP contribution in [-0.4, -0.2) is 9.97 Å². The second kappa shape index (κ2) is 2.13. The molecule has 0 aliphatic heterocycles. The first-order chi connectivity index (χ1) is 4.18. The van der Waals surface area contributed by atoms with E-state index in [1.165, 1.54) is 0 Å². The summed E-state index contributed by atoms with van der Waals surface area (Å²) in [6, 6.07) is 1.97. The Kier molecular flexibility index (Phi) is 1.47. The molecule has 0 radical (unpaired) electrons. The summed E-state index contributed by atoms with van der Waals surface area (Å²) >= 11 is 0. The molecule has 2 nitrogen and oxygen atoms in total. The Labute approximate surface area is 55.0 Å². The Hall–Kier alpha value is -0.920. The van der Waals surface area contributed by atoms with Gasteiger partial charge in [-0.2, -0.15) is 0 Å². The van der Waals surface area contributed by atoms with Gasteiger partial charge in [0.2, 0.25) is 0 Å².